The van der Waals surface area contributed by atoms with E-state index in [9.17, 15) is 9.59 Å². The van der Waals surface area contributed by atoms with Crippen LogP contribution in [-0.2, 0) is 16.1 Å². The summed E-state index contributed by atoms with van der Waals surface area (Å²) in [6.45, 7) is 4.80. The van der Waals surface area contributed by atoms with E-state index in [1.165, 1.54) is 11.8 Å². The molecule has 0 spiro atoms. The van der Waals surface area contributed by atoms with Crippen LogP contribution in [0.4, 0.5) is 0 Å². The summed E-state index contributed by atoms with van der Waals surface area (Å²) in [6.07, 6.45) is 0.863. The number of nitrogens with zero attached hydrogens (tertiary/aromatic N) is 1. The summed E-state index contributed by atoms with van der Waals surface area (Å²) in [6, 6.07) is 17.1. The van der Waals surface area contributed by atoms with Gasteiger partial charge in [0.15, 0.2) is 0 Å². The number of benzene rings is 2. The summed E-state index contributed by atoms with van der Waals surface area (Å²) in [5.41, 5.74) is 0.984. The number of nitrogens with one attached hydrogen (secondary N) is 1. The van der Waals surface area contributed by atoms with E-state index in [4.69, 9.17) is 0 Å². The molecule has 0 radical (unpaired) electrons. The van der Waals surface area contributed by atoms with Gasteiger partial charge in [0.05, 0.1) is 5.75 Å². The van der Waals surface area contributed by atoms with E-state index in [1.807, 2.05) is 61.5 Å². The molecule has 0 saturated carbocycles. The smallest absolute Gasteiger partial charge is 0.242 e. The Bertz CT molecular complexity index is 755. The molecule has 0 aliphatic carbocycles. The van der Waals surface area contributed by atoms with Crippen molar-refractivity contribution in [3.63, 3.8) is 0 Å². The van der Waals surface area contributed by atoms with Crippen molar-refractivity contribution in [3.8, 4) is 0 Å². The third-order valence-corrected chi connectivity index (χ3v) is 5.55. The second-order valence-corrected chi connectivity index (χ2v) is 8.18. The maximum atomic E-state index is 12.9. The largest absolute Gasteiger partial charge is 0.354 e. The van der Waals surface area contributed by atoms with Crippen LogP contribution >= 0.6 is 27.7 Å². The van der Waals surface area contributed by atoms with Gasteiger partial charge in [-0.05, 0) is 43.2 Å². The number of amides is 2. The minimum atomic E-state index is -0.528. The molecule has 0 aromatic heterocycles. The van der Waals surface area contributed by atoms with E-state index in [-0.39, 0.29) is 11.8 Å². The van der Waals surface area contributed by atoms with Gasteiger partial charge in [-0.15, -0.1) is 11.8 Å². The summed E-state index contributed by atoms with van der Waals surface area (Å²) in [7, 11) is 0. The standard InChI is InChI=1S/C21H25BrN2O2S/c1-3-12-23-21(26)16(2)24(14-17-8-7-9-18(22)13-17)20(25)15-27-19-10-5-4-6-11-19/h4-11,13,16H,3,12,14-15H2,1-2H3,(H,23,26). The molecule has 0 heterocycles. The molecule has 1 atom stereocenters. The Balaban J connectivity index is 2.11. The quantitative estimate of drug-likeness (QED) is 0.575. The van der Waals surface area contributed by atoms with Gasteiger partial charge in [-0.1, -0.05) is 53.2 Å². The highest BCUT2D eigenvalue weighted by molar-refractivity contribution is 9.10. The molecule has 0 bridgehead atoms. The molecule has 2 rings (SSSR count). The second kappa shape index (κ2) is 11.1. The van der Waals surface area contributed by atoms with Crippen LogP contribution in [0.25, 0.3) is 0 Å². The van der Waals surface area contributed by atoms with E-state index >= 15 is 0 Å². The molecule has 2 aromatic rings. The molecule has 4 nitrogen and oxygen atoms in total. The Morgan fingerprint density at radius 2 is 1.89 bits per heavy atom. The van der Waals surface area contributed by atoms with E-state index in [0.717, 1.165) is 21.4 Å². The molecule has 6 heteroatoms. The third-order valence-electron chi connectivity index (χ3n) is 4.06. The number of hydrogen-bond acceptors (Lipinski definition) is 3. The minimum absolute atomic E-state index is 0.0528. The number of rotatable bonds is 9. The predicted molar refractivity (Wildman–Crippen MR) is 115 cm³/mol. The lowest BCUT2D eigenvalue weighted by atomic mass is 10.1. The van der Waals surface area contributed by atoms with Crippen LogP contribution in [0.2, 0.25) is 0 Å². The van der Waals surface area contributed by atoms with Crippen LogP contribution < -0.4 is 5.32 Å². The first kappa shape index (κ1) is 21.5. The number of thioether (sulfide) groups is 1. The van der Waals surface area contributed by atoms with Crippen molar-refractivity contribution in [2.24, 2.45) is 0 Å². The van der Waals surface area contributed by atoms with E-state index in [1.54, 1.807) is 11.8 Å². The average Bonchev–Trinajstić information content (AvgIpc) is 2.68. The normalized spacial score (nSPS) is 11.7. The molecule has 2 amide bonds. The van der Waals surface area contributed by atoms with E-state index in [2.05, 4.69) is 21.2 Å². The molecule has 0 fully saturated rings. The number of hydrogen-bond donors (Lipinski definition) is 1. The maximum absolute atomic E-state index is 12.9. The Morgan fingerprint density at radius 3 is 2.56 bits per heavy atom. The van der Waals surface area contributed by atoms with Crippen molar-refractivity contribution in [3.05, 3.63) is 64.6 Å². The Hall–Kier alpha value is -1.79. The Morgan fingerprint density at radius 1 is 1.15 bits per heavy atom. The molecule has 144 valence electrons. The SMILES string of the molecule is CCCNC(=O)C(C)N(Cc1cccc(Br)c1)C(=O)CSc1ccccc1. The molecule has 1 unspecified atom stereocenters. The van der Waals surface area contributed by atoms with Gasteiger partial charge in [0.1, 0.15) is 6.04 Å². The van der Waals surface area contributed by atoms with Gasteiger partial charge < -0.3 is 10.2 Å². The van der Waals surface area contributed by atoms with Crippen molar-refractivity contribution in [2.75, 3.05) is 12.3 Å². The van der Waals surface area contributed by atoms with Gasteiger partial charge in [-0.25, -0.2) is 0 Å². The highest BCUT2D eigenvalue weighted by Gasteiger charge is 2.25. The Kier molecular flexibility index (Phi) is 8.88. The molecule has 0 saturated heterocycles. The first-order valence-corrected chi connectivity index (χ1v) is 10.8. The van der Waals surface area contributed by atoms with Crippen LogP contribution in [0.1, 0.15) is 25.8 Å². The fraction of sp³-hybridized carbons (Fsp3) is 0.333. The molecule has 1 N–H and O–H groups in total. The minimum Gasteiger partial charge on any atom is -0.354 e. The predicted octanol–water partition coefficient (Wildman–Crippen LogP) is 4.48. The van der Waals surface area contributed by atoms with Crippen molar-refractivity contribution in [1.82, 2.24) is 10.2 Å². The monoisotopic (exact) mass is 448 g/mol. The lowest BCUT2D eigenvalue weighted by Crippen LogP contribution is -2.48. The summed E-state index contributed by atoms with van der Waals surface area (Å²) in [4.78, 5) is 28.1. The van der Waals surface area contributed by atoms with Gasteiger partial charge in [0, 0.05) is 22.5 Å². The summed E-state index contributed by atoms with van der Waals surface area (Å²) < 4.78 is 0.953. The zero-order valence-corrected chi connectivity index (χ0v) is 18.1. The van der Waals surface area contributed by atoms with Crippen LogP contribution in [0.15, 0.2) is 64.0 Å². The highest BCUT2D eigenvalue weighted by Crippen LogP contribution is 2.20. The summed E-state index contributed by atoms with van der Waals surface area (Å²) in [5.74, 6) is 0.122. The molecular weight excluding hydrogens is 424 g/mol. The van der Waals surface area contributed by atoms with Crippen molar-refractivity contribution in [2.45, 2.75) is 37.8 Å². The van der Waals surface area contributed by atoms with Gasteiger partial charge in [-0.3, -0.25) is 9.59 Å². The third kappa shape index (κ3) is 7.03. The fourth-order valence-corrected chi connectivity index (χ4v) is 3.81. The van der Waals surface area contributed by atoms with E-state index in [0.29, 0.717) is 18.8 Å². The topological polar surface area (TPSA) is 49.4 Å². The lowest BCUT2D eigenvalue weighted by molar-refractivity contribution is -0.138. The van der Waals surface area contributed by atoms with Gasteiger partial charge >= 0.3 is 0 Å². The molecule has 0 aliphatic rings. The molecule has 0 aliphatic heterocycles. The maximum Gasteiger partial charge on any atom is 0.242 e. The summed E-state index contributed by atoms with van der Waals surface area (Å²) in [5, 5.41) is 2.89. The first-order chi connectivity index (χ1) is 13.0. The summed E-state index contributed by atoms with van der Waals surface area (Å²) >= 11 is 4.95. The van der Waals surface area contributed by atoms with Crippen molar-refractivity contribution in [1.29, 1.82) is 0 Å². The van der Waals surface area contributed by atoms with E-state index < -0.39 is 6.04 Å². The van der Waals surface area contributed by atoms with Crippen molar-refractivity contribution < 1.29 is 9.59 Å². The second-order valence-electron chi connectivity index (χ2n) is 6.22. The van der Waals surface area contributed by atoms with Crippen LogP contribution in [-0.4, -0.2) is 35.1 Å². The van der Waals surface area contributed by atoms with Gasteiger partial charge in [0.25, 0.3) is 0 Å². The van der Waals surface area contributed by atoms with Gasteiger partial charge in [0.2, 0.25) is 11.8 Å². The molecule has 2 aromatic carbocycles. The highest BCUT2D eigenvalue weighted by atomic mass is 79.9. The van der Waals surface area contributed by atoms with Crippen LogP contribution in [0.3, 0.4) is 0 Å². The van der Waals surface area contributed by atoms with Crippen molar-refractivity contribution >= 4 is 39.5 Å². The number of carbonyl (C=O) groups excluding carboxylic acids is 2. The molecule has 27 heavy (non-hydrogen) atoms. The average molecular weight is 449 g/mol. The first-order valence-electron chi connectivity index (χ1n) is 9.00. The Labute approximate surface area is 173 Å². The fourth-order valence-electron chi connectivity index (χ4n) is 2.56. The lowest BCUT2D eigenvalue weighted by Gasteiger charge is -2.28. The van der Waals surface area contributed by atoms with Gasteiger partial charge in [-0.2, -0.15) is 0 Å². The van der Waals surface area contributed by atoms with Crippen LogP contribution in [0.5, 0.6) is 0 Å². The zero-order valence-electron chi connectivity index (χ0n) is 15.7. The number of carbonyl (C=O) groups is 2. The zero-order chi connectivity index (χ0) is 19.6. The molecular formula is C21H25BrN2O2S. The number of halogens is 1. The van der Waals surface area contributed by atoms with Crippen LogP contribution in [0, 0.1) is 0 Å².